The van der Waals surface area contributed by atoms with Crippen molar-refractivity contribution in [2.75, 3.05) is 26.2 Å². The molecule has 7 rings (SSSR count). The number of aliphatic hydroxyl groups is 1. The molecule has 1 aromatic carbocycles. The van der Waals surface area contributed by atoms with Gasteiger partial charge in [-0.05, 0) is 75.4 Å². The number of benzene rings is 1. The van der Waals surface area contributed by atoms with Gasteiger partial charge in [0.25, 0.3) is 5.56 Å². The first-order valence-corrected chi connectivity index (χ1v) is 15.8. The van der Waals surface area contributed by atoms with E-state index in [-0.39, 0.29) is 24.0 Å². The number of aromatic nitrogens is 2. The largest absolute Gasteiger partial charge is 0.490 e. The molecule has 3 aromatic rings. The number of rotatable bonds is 4. The first-order chi connectivity index (χ1) is 20.8. The van der Waals surface area contributed by atoms with E-state index in [0.29, 0.717) is 60.2 Å². The normalized spacial score (nSPS) is 22.2. The summed E-state index contributed by atoms with van der Waals surface area (Å²) in [6, 6.07) is 8.07. The summed E-state index contributed by atoms with van der Waals surface area (Å²) in [5, 5.41) is 12.4. The van der Waals surface area contributed by atoms with Crippen LogP contribution in [0.3, 0.4) is 0 Å². The van der Waals surface area contributed by atoms with Gasteiger partial charge in [0.1, 0.15) is 23.7 Å². The zero-order valence-electron chi connectivity index (χ0n) is 25.2. The number of hydrogen-bond donors (Lipinski definition) is 1. The second kappa shape index (κ2) is 10.8. The van der Waals surface area contributed by atoms with Gasteiger partial charge < -0.3 is 28.9 Å². The van der Waals surface area contributed by atoms with Crippen molar-refractivity contribution in [2.24, 2.45) is 0 Å². The predicted molar refractivity (Wildman–Crippen MR) is 164 cm³/mol. The van der Waals surface area contributed by atoms with E-state index in [1.807, 2.05) is 36.1 Å². The third kappa shape index (κ3) is 4.55. The van der Waals surface area contributed by atoms with Crippen LogP contribution in [0.4, 0.5) is 4.79 Å². The van der Waals surface area contributed by atoms with E-state index in [9.17, 15) is 14.7 Å². The number of ether oxygens (including phenoxy) is 2. The van der Waals surface area contributed by atoms with Gasteiger partial charge in [-0.2, -0.15) is 0 Å². The standard InChI is InChI=1S/C34H40N4O5/c1-4-24-25-10-9-23(43-33(40)37-15-11-22(12-16-37)36-13-7-6-8-14-36)17-29(25)35-31-26(24)19-38-30(31)18-28-27(32(38)39)20-42-21(3)34(28,41)5-2/h9-10,17-18,22,41H,3-8,11-16,19-20H2,1-2H3/t34-/m1/s1. The van der Waals surface area contributed by atoms with Crippen molar-refractivity contribution in [2.45, 2.75) is 83.6 Å². The Kier molecular flexibility index (Phi) is 7.05. The molecule has 4 aliphatic heterocycles. The Labute approximate surface area is 251 Å². The van der Waals surface area contributed by atoms with Crippen LogP contribution in [0.15, 0.2) is 41.4 Å². The average Bonchev–Trinajstić information content (AvgIpc) is 3.40. The highest BCUT2D eigenvalue weighted by molar-refractivity contribution is 5.89. The molecular weight excluding hydrogens is 544 g/mol. The highest BCUT2D eigenvalue weighted by Gasteiger charge is 2.41. The molecule has 2 aromatic heterocycles. The van der Waals surface area contributed by atoms with E-state index in [2.05, 4.69) is 18.4 Å². The zero-order chi connectivity index (χ0) is 29.9. The van der Waals surface area contributed by atoms with Crippen LogP contribution in [0.25, 0.3) is 22.3 Å². The van der Waals surface area contributed by atoms with Crippen molar-refractivity contribution >= 4 is 17.0 Å². The number of carbonyl (C=O) groups is 1. The summed E-state index contributed by atoms with van der Waals surface area (Å²) >= 11 is 0. The Morgan fingerprint density at radius 2 is 1.88 bits per heavy atom. The first kappa shape index (κ1) is 28.1. The summed E-state index contributed by atoms with van der Waals surface area (Å²) in [7, 11) is 0. The number of pyridine rings is 2. The lowest BCUT2D eigenvalue weighted by Crippen LogP contribution is -2.48. The minimum absolute atomic E-state index is 0.0899. The number of aryl methyl sites for hydroxylation is 1. The van der Waals surface area contributed by atoms with Gasteiger partial charge in [0.2, 0.25) is 0 Å². The maximum atomic E-state index is 13.7. The number of fused-ring (bicyclic) bond motifs is 5. The molecule has 0 radical (unpaired) electrons. The van der Waals surface area contributed by atoms with Gasteiger partial charge in [-0.1, -0.05) is 26.8 Å². The van der Waals surface area contributed by atoms with Crippen LogP contribution in [0.2, 0.25) is 0 Å². The van der Waals surface area contributed by atoms with Gasteiger partial charge in [-0.3, -0.25) is 4.79 Å². The van der Waals surface area contributed by atoms with Crippen molar-refractivity contribution in [3.8, 4) is 17.1 Å². The molecule has 4 aliphatic rings. The molecule has 0 bridgehead atoms. The summed E-state index contributed by atoms with van der Waals surface area (Å²) in [4.78, 5) is 36.2. The van der Waals surface area contributed by atoms with E-state index < -0.39 is 5.60 Å². The van der Waals surface area contributed by atoms with Crippen molar-refractivity contribution in [1.29, 1.82) is 0 Å². The number of hydrogen-bond acceptors (Lipinski definition) is 7. The van der Waals surface area contributed by atoms with E-state index in [4.69, 9.17) is 14.5 Å². The highest BCUT2D eigenvalue weighted by Crippen LogP contribution is 2.43. The lowest BCUT2D eigenvalue weighted by molar-refractivity contribution is -0.0172. The van der Waals surface area contributed by atoms with E-state index in [0.717, 1.165) is 41.5 Å². The minimum atomic E-state index is -1.43. The highest BCUT2D eigenvalue weighted by atomic mass is 16.6. The van der Waals surface area contributed by atoms with Crippen molar-refractivity contribution in [3.63, 3.8) is 0 Å². The molecule has 2 fully saturated rings. The number of amides is 1. The molecular formula is C34H40N4O5. The number of piperidine rings is 2. The fraction of sp³-hybridized carbons (Fsp3) is 0.500. The van der Waals surface area contributed by atoms with Gasteiger partial charge in [-0.25, -0.2) is 9.78 Å². The molecule has 0 saturated carbocycles. The van der Waals surface area contributed by atoms with E-state index >= 15 is 0 Å². The van der Waals surface area contributed by atoms with Crippen LogP contribution in [-0.2, 0) is 29.9 Å². The van der Waals surface area contributed by atoms with Crippen molar-refractivity contribution < 1.29 is 19.4 Å². The molecule has 1 amide bonds. The molecule has 9 nitrogen and oxygen atoms in total. The van der Waals surface area contributed by atoms with Crippen LogP contribution in [-0.4, -0.2) is 62.8 Å². The van der Waals surface area contributed by atoms with Gasteiger partial charge in [0.05, 0.1) is 29.0 Å². The van der Waals surface area contributed by atoms with Crippen LogP contribution in [0.1, 0.15) is 74.6 Å². The molecule has 0 unspecified atom stereocenters. The monoisotopic (exact) mass is 584 g/mol. The van der Waals surface area contributed by atoms with Crippen LogP contribution in [0, 0.1) is 0 Å². The lowest BCUT2D eigenvalue weighted by Gasteiger charge is -2.39. The van der Waals surface area contributed by atoms with E-state index in [1.165, 1.54) is 32.4 Å². The van der Waals surface area contributed by atoms with Crippen molar-refractivity contribution in [1.82, 2.24) is 19.4 Å². The van der Waals surface area contributed by atoms with E-state index in [1.54, 1.807) is 4.57 Å². The predicted octanol–water partition coefficient (Wildman–Crippen LogP) is 5.08. The second-order valence-corrected chi connectivity index (χ2v) is 12.4. The first-order valence-electron chi connectivity index (χ1n) is 15.8. The molecule has 1 N–H and O–H groups in total. The Hall–Kier alpha value is -3.69. The molecule has 0 spiro atoms. The van der Waals surface area contributed by atoms with Crippen molar-refractivity contribution in [3.05, 3.63) is 69.2 Å². The lowest BCUT2D eigenvalue weighted by atomic mass is 9.84. The number of nitrogens with zero attached hydrogens (tertiary/aromatic N) is 4. The van der Waals surface area contributed by atoms with Crippen LogP contribution < -0.4 is 10.3 Å². The fourth-order valence-corrected chi connectivity index (χ4v) is 7.59. The molecule has 43 heavy (non-hydrogen) atoms. The minimum Gasteiger partial charge on any atom is -0.490 e. The summed E-state index contributed by atoms with van der Waals surface area (Å²) in [6.45, 7) is 12.1. The number of likely N-dealkylation sites (tertiary alicyclic amines) is 2. The van der Waals surface area contributed by atoms with Gasteiger partial charge in [-0.15, -0.1) is 0 Å². The smallest absolute Gasteiger partial charge is 0.415 e. The van der Waals surface area contributed by atoms with Gasteiger partial charge in [0, 0.05) is 41.7 Å². The van der Waals surface area contributed by atoms with Gasteiger partial charge in [0.15, 0.2) is 0 Å². The maximum Gasteiger partial charge on any atom is 0.415 e. The third-order valence-electron chi connectivity index (χ3n) is 10.1. The molecule has 6 heterocycles. The number of carbonyl (C=O) groups excluding carboxylic acids is 1. The van der Waals surface area contributed by atoms with Crippen LogP contribution in [0.5, 0.6) is 5.75 Å². The SMILES string of the molecule is C=C1OCc2c(cc3n(c2=O)Cc2c-3nc3cc(OC(=O)N4CCC(N5CCCCC5)CC4)ccc3c2CC)[C@@]1(O)CC. The summed E-state index contributed by atoms with van der Waals surface area (Å²) in [5.74, 6) is 0.716. The third-order valence-corrected chi connectivity index (χ3v) is 10.1. The van der Waals surface area contributed by atoms with Gasteiger partial charge >= 0.3 is 6.09 Å². The quantitative estimate of drug-likeness (QED) is 0.357. The molecule has 226 valence electrons. The van der Waals surface area contributed by atoms with Crippen LogP contribution >= 0.6 is 0 Å². The Morgan fingerprint density at radius 1 is 1.12 bits per heavy atom. The molecule has 9 heteroatoms. The topological polar surface area (TPSA) is 97.1 Å². The zero-order valence-corrected chi connectivity index (χ0v) is 25.2. The average molecular weight is 585 g/mol. The molecule has 1 atom stereocenters. The summed E-state index contributed by atoms with van der Waals surface area (Å²) in [5.41, 5.74) is 3.64. The molecule has 0 aliphatic carbocycles. The Bertz CT molecular complexity index is 1680. The fourth-order valence-electron chi connectivity index (χ4n) is 7.59. The maximum absolute atomic E-state index is 13.7. The molecule has 2 saturated heterocycles. The summed E-state index contributed by atoms with van der Waals surface area (Å²) in [6.07, 6.45) is 6.61. The Morgan fingerprint density at radius 3 is 2.60 bits per heavy atom. The Balaban J connectivity index is 1.18. The second-order valence-electron chi connectivity index (χ2n) is 12.4. The summed E-state index contributed by atoms with van der Waals surface area (Å²) < 4.78 is 13.2.